The van der Waals surface area contributed by atoms with Crippen molar-refractivity contribution >= 4 is 40.5 Å². The van der Waals surface area contributed by atoms with Gasteiger partial charge in [0.2, 0.25) is 23.6 Å². The second kappa shape index (κ2) is 15.5. The molecule has 2 heterocycles. The minimum Gasteiger partial charge on any atom is -0.370 e. The number of pyridine rings is 1. The van der Waals surface area contributed by atoms with Crippen LogP contribution in [0.1, 0.15) is 50.5 Å². The van der Waals surface area contributed by atoms with Crippen molar-refractivity contribution in [2.45, 2.75) is 69.5 Å². The number of amides is 4. The second-order valence-corrected chi connectivity index (χ2v) is 10.2. The molecule has 1 fully saturated rings. The highest BCUT2D eigenvalue weighted by Gasteiger charge is 2.36. The van der Waals surface area contributed by atoms with Gasteiger partial charge < -0.3 is 38.5 Å². The van der Waals surface area contributed by atoms with E-state index in [2.05, 4.69) is 20.6 Å². The van der Waals surface area contributed by atoms with Gasteiger partial charge in [-0.05, 0) is 63.1 Å². The van der Waals surface area contributed by atoms with Crippen molar-refractivity contribution in [1.29, 1.82) is 0 Å². The Morgan fingerprint density at radius 3 is 2.49 bits per heavy atom. The minimum atomic E-state index is -0.954. The van der Waals surface area contributed by atoms with Gasteiger partial charge in [0, 0.05) is 24.7 Å². The highest BCUT2D eigenvalue weighted by Crippen LogP contribution is 2.22. The maximum absolute atomic E-state index is 13.4. The Morgan fingerprint density at radius 2 is 1.76 bits per heavy atom. The van der Waals surface area contributed by atoms with Gasteiger partial charge in [0.15, 0.2) is 5.96 Å². The average Bonchev–Trinajstić information content (AvgIpc) is 3.44. The zero-order valence-corrected chi connectivity index (χ0v) is 23.3. The third-order valence-electron chi connectivity index (χ3n) is 7.12. The fraction of sp³-hybridized carbons (Fsp3) is 0.500. The molecule has 0 spiro atoms. The smallest absolute Gasteiger partial charge is 0.243 e. The first-order valence-corrected chi connectivity index (χ1v) is 14.0. The second-order valence-electron chi connectivity index (χ2n) is 10.2. The van der Waals surface area contributed by atoms with Crippen molar-refractivity contribution < 1.29 is 19.2 Å². The Morgan fingerprint density at radius 1 is 1.00 bits per heavy atom. The predicted molar refractivity (Wildman–Crippen MR) is 156 cm³/mol. The van der Waals surface area contributed by atoms with E-state index in [1.807, 2.05) is 30.3 Å². The van der Waals surface area contributed by atoms with Crippen LogP contribution in [0.4, 0.5) is 0 Å². The van der Waals surface area contributed by atoms with Crippen LogP contribution in [0.5, 0.6) is 0 Å². The van der Waals surface area contributed by atoms with Gasteiger partial charge in [-0.1, -0.05) is 24.3 Å². The Balaban J connectivity index is 1.67. The number of likely N-dealkylation sites (tertiary alicyclic amines) is 1. The molecule has 3 atom stereocenters. The summed E-state index contributed by atoms with van der Waals surface area (Å²) in [6.07, 6.45) is 5.15. The van der Waals surface area contributed by atoms with Crippen molar-refractivity contribution in [2.75, 3.05) is 19.6 Å². The monoisotopic (exact) mass is 567 g/mol. The number of unbranched alkanes of at least 4 members (excludes halogenated alkanes) is 1. The molecule has 0 unspecified atom stereocenters. The van der Waals surface area contributed by atoms with Crippen LogP contribution in [0, 0.1) is 0 Å². The molecule has 13 heteroatoms. The lowest BCUT2D eigenvalue weighted by atomic mass is 10.0. The molecule has 1 saturated heterocycles. The quantitative estimate of drug-likeness (QED) is 0.0923. The SMILES string of the molecule is NCCCC[C@H](NC(=O)[C@@H]1CCCN1C(=O)Cc1cccc2cccnc12)C(=O)N[C@@H](CCCN=C(N)N)C(N)=O. The topological polar surface area (TPSA) is 225 Å². The van der Waals surface area contributed by atoms with Crippen LogP contribution in [0.15, 0.2) is 41.5 Å². The Kier molecular flexibility index (Phi) is 11.8. The van der Waals surface area contributed by atoms with Crippen LogP contribution in [0.2, 0.25) is 0 Å². The molecule has 222 valence electrons. The van der Waals surface area contributed by atoms with E-state index < -0.39 is 35.8 Å². The van der Waals surface area contributed by atoms with Crippen LogP contribution >= 0.6 is 0 Å². The summed E-state index contributed by atoms with van der Waals surface area (Å²) in [6, 6.07) is 6.87. The number of benzene rings is 1. The van der Waals surface area contributed by atoms with Crippen LogP contribution < -0.4 is 33.6 Å². The fourth-order valence-corrected chi connectivity index (χ4v) is 5.00. The first kappa shape index (κ1) is 31.3. The molecule has 10 N–H and O–H groups in total. The summed E-state index contributed by atoms with van der Waals surface area (Å²) < 4.78 is 0. The highest BCUT2D eigenvalue weighted by molar-refractivity contribution is 5.95. The number of aliphatic imine (C=N–C) groups is 1. The number of nitrogens with two attached hydrogens (primary N) is 4. The molecule has 0 saturated carbocycles. The molecule has 41 heavy (non-hydrogen) atoms. The third kappa shape index (κ3) is 9.13. The van der Waals surface area contributed by atoms with Gasteiger partial charge in [0.25, 0.3) is 0 Å². The molecule has 4 amide bonds. The number of rotatable bonds is 15. The number of nitrogens with one attached hydrogen (secondary N) is 2. The average molecular weight is 568 g/mol. The molecule has 13 nitrogen and oxygen atoms in total. The number of primary amides is 1. The number of hydrogen-bond donors (Lipinski definition) is 6. The van der Waals surface area contributed by atoms with Crippen LogP contribution in [-0.2, 0) is 25.6 Å². The van der Waals surface area contributed by atoms with Gasteiger partial charge in [-0.25, -0.2) is 0 Å². The molecule has 0 aliphatic carbocycles. The number of para-hydroxylation sites is 1. The highest BCUT2D eigenvalue weighted by atomic mass is 16.2. The number of carbonyl (C=O) groups excluding carboxylic acids is 4. The Bertz CT molecular complexity index is 1240. The molecule has 1 aromatic heterocycles. The molecular formula is C28H41N9O4. The Hall–Kier alpha value is -4.26. The first-order chi connectivity index (χ1) is 19.7. The van der Waals surface area contributed by atoms with Gasteiger partial charge in [-0.2, -0.15) is 0 Å². The summed E-state index contributed by atoms with van der Waals surface area (Å²) in [4.78, 5) is 61.8. The van der Waals surface area contributed by atoms with E-state index in [9.17, 15) is 19.2 Å². The molecular weight excluding hydrogens is 526 g/mol. The zero-order valence-electron chi connectivity index (χ0n) is 23.3. The minimum absolute atomic E-state index is 0.0689. The normalized spacial score (nSPS) is 16.1. The number of carbonyl (C=O) groups is 4. The summed E-state index contributed by atoms with van der Waals surface area (Å²) in [7, 11) is 0. The Labute approximate surface area is 239 Å². The summed E-state index contributed by atoms with van der Waals surface area (Å²) in [5.74, 6) is -1.90. The van der Waals surface area contributed by atoms with E-state index in [-0.39, 0.29) is 31.3 Å². The lowest BCUT2D eigenvalue weighted by molar-refractivity contribution is -0.139. The van der Waals surface area contributed by atoms with Crippen molar-refractivity contribution in [1.82, 2.24) is 20.5 Å². The number of guanidine groups is 1. The summed E-state index contributed by atoms with van der Waals surface area (Å²) in [5, 5.41) is 6.41. The van der Waals surface area contributed by atoms with E-state index in [1.165, 1.54) is 0 Å². The van der Waals surface area contributed by atoms with Crippen LogP contribution in [0.25, 0.3) is 10.9 Å². The molecule has 1 aliphatic heterocycles. The zero-order chi connectivity index (χ0) is 29.8. The largest absolute Gasteiger partial charge is 0.370 e. The number of aromatic nitrogens is 1. The van der Waals surface area contributed by atoms with Gasteiger partial charge in [-0.15, -0.1) is 0 Å². The van der Waals surface area contributed by atoms with Crippen molar-refractivity contribution in [3.63, 3.8) is 0 Å². The number of fused-ring (bicyclic) bond motifs is 1. The van der Waals surface area contributed by atoms with E-state index in [0.717, 1.165) is 16.5 Å². The van der Waals surface area contributed by atoms with Gasteiger partial charge in [-0.3, -0.25) is 29.2 Å². The molecule has 2 aromatic rings. The first-order valence-electron chi connectivity index (χ1n) is 14.0. The van der Waals surface area contributed by atoms with Crippen LogP contribution in [0.3, 0.4) is 0 Å². The maximum atomic E-state index is 13.4. The number of nitrogens with zero attached hydrogens (tertiary/aromatic N) is 3. The predicted octanol–water partition coefficient (Wildman–Crippen LogP) is -0.594. The summed E-state index contributed by atoms with van der Waals surface area (Å²) in [5.41, 5.74) is 23.3. The molecule has 1 aromatic carbocycles. The van der Waals surface area contributed by atoms with Gasteiger partial charge in [0.1, 0.15) is 18.1 Å². The van der Waals surface area contributed by atoms with Gasteiger partial charge >= 0.3 is 0 Å². The number of hydrogen-bond acceptors (Lipinski definition) is 7. The maximum Gasteiger partial charge on any atom is 0.243 e. The van der Waals surface area contributed by atoms with Crippen molar-refractivity contribution in [2.24, 2.45) is 27.9 Å². The standard InChI is InChI=1S/C28H41N9O4/c29-13-2-1-10-21(26(40)35-20(25(30)39)11-5-15-34-28(31)32)36-27(41)22-12-6-16-37(22)23(38)17-19-8-3-7-18-9-4-14-33-24(18)19/h3-4,7-9,14,20-22H,1-2,5-6,10-13,15-17,29H2,(H2,30,39)(H,35,40)(H,36,41)(H4,31,32,34)/t20-,21-,22-/m0/s1. The van der Waals surface area contributed by atoms with Crippen molar-refractivity contribution in [3.8, 4) is 0 Å². The molecule has 0 radical (unpaired) electrons. The van der Waals surface area contributed by atoms with Crippen LogP contribution in [-0.4, -0.2) is 77.2 Å². The van der Waals surface area contributed by atoms with E-state index in [4.69, 9.17) is 22.9 Å². The molecule has 0 bridgehead atoms. The lowest BCUT2D eigenvalue weighted by Gasteiger charge is -2.27. The van der Waals surface area contributed by atoms with E-state index in [0.29, 0.717) is 51.6 Å². The third-order valence-corrected chi connectivity index (χ3v) is 7.12. The lowest BCUT2D eigenvalue weighted by Crippen LogP contribution is -2.56. The van der Waals surface area contributed by atoms with E-state index >= 15 is 0 Å². The fourth-order valence-electron chi connectivity index (χ4n) is 5.00. The molecule has 3 rings (SSSR count). The summed E-state index contributed by atoms with van der Waals surface area (Å²) >= 11 is 0. The van der Waals surface area contributed by atoms with Crippen molar-refractivity contribution in [3.05, 3.63) is 42.1 Å². The van der Waals surface area contributed by atoms with E-state index in [1.54, 1.807) is 11.1 Å². The van der Waals surface area contributed by atoms with Gasteiger partial charge in [0.05, 0.1) is 11.9 Å². The summed E-state index contributed by atoms with van der Waals surface area (Å²) in [6.45, 7) is 1.16. The molecule has 1 aliphatic rings.